The van der Waals surface area contributed by atoms with Gasteiger partial charge in [0.05, 0.1) is 13.3 Å². The van der Waals surface area contributed by atoms with Crippen molar-refractivity contribution in [3.05, 3.63) is 45.4 Å². The van der Waals surface area contributed by atoms with E-state index in [4.69, 9.17) is 4.74 Å². The van der Waals surface area contributed by atoms with E-state index in [0.29, 0.717) is 17.8 Å². The molecule has 1 aliphatic heterocycles. The summed E-state index contributed by atoms with van der Waals surface area (Å²) in [6.07, 6.45) is 3.68. The van der Waals surface area contributed by atoms with Gasteiger partial charge in [-0.05, 0) is 24.3 Å². The van der Waals surface area contributed by atoms with E-state index in [0.717, 1.165) is 29.0 Å². The Hall–Kier alpha value is -2.41. The fourth-order valence-electron chi connectivity index (χ4n) is 3.23. The van der Waals surface area contributed by atoms with Crippen LogP contribution >= 0.6 is 11.3 Å². The van der Waals surface area contributed by atoms with Gasteiger partial charge in [-0.25, -0.2) is 9.48 Å². The number of carbonyl (C=O) groups excluding carboxylic acids is 2. The number of nitrogens with one attached hydrogen (secondary N) is 1. The van der Waals surface area contributed by atoms with Gasteiger partial charge in [0, 0.05) is 22.6 Å². The summed E-state index contributed by atoms with van der Waals surface area (Å²) in [6, 6.07) is 3.68. The Kier molecular flexibility index (Phi) is 3.30. The van der Waals surface area contributed by atoms with Gasteiger partial charge in [-0.1, -0.05) is 6.07 Å². The summed E-state index contributed by atoms with van der Waals surface area (Å²) in [4.78, 5) is 25.5. The molecule has 23 heavy (non-hydrogen) atoms. The number of aromatic nitrogens is 2. The Morgan fingerprint density at radius 1 is 1.48 bits per heavy atom. The minimum absolute atomic E-state index is 0.151. The molecule has 4 rings (SSSR count). The zero-order valence-corrected chi connectivity index (χ0v) is 13.4. The largest absolute Gasteiger partial charge is 0.465 e. The van der Waals surface area contributed by atoms with E-state index in [1.807, 2.05) is 17.5 Å². The third kappa shape index (κ3) is 2.11. The predicted octanol–water partition coefficient (Wildman–Crippen LogP) is 2.75. The standard InChI is InChI=1S/C16H15N3O3S/c1-22-16(21)9-8-17-19-14(12-6-3-7-23-12)13-10(18-15(9)19)4-2-5-11(13)20/h3,6-8,14,18H,2,4-5H2,1H3. The number of hydrogen-bond donors (Lipinski definition) is 1. The van der Waals surface area contributed by atoms with E-state index in [9.17, 15) is 9.59 Å². The highest BCUT2D eigenvalue weighted by atomic mass is 32.1. The Balaban J connectivity index is 1.91. The second-order valence-corrected chi connectivity index (χ2v) is 6.53. The van der Waals surface area contributed by atoms with Crippen molar-refractivity contribution in [3.8, 4) is 0 Å². The number of ketones is 1. The number of methoxy groups -OCH3 is 1. The van der Waals surface area contributed by atoms with Crippen LogP contribution in [0.3, 0.4) is 0 Å². The first-order valence-electron chi connectivity index (χ1n) is 7.43. The molecule has 0 spiro atoms. The van der Waals surface area contributed by atoms with Crippen molar-refractivity contribution in [2.24, 2.45) is 0 Å². The summed E-state index contributed by atoms with van der Waals surface area (Å²) in [5.74, 6) is 0.316. The Morgan fingerprint density at radius 2 is 2.35 bits per heavy atom. The van der Waals surface area contributed by atoms with Crippen molar-refractivity contribution in [1.29, 1.82) is 0 Å². The number of thiophene rings is 1. The fourth-order valence-corrected chi connectivity index (χ4v) is 4.05. The molecule has 1 atom stereocenters. The van der Waals surface area contributed by atoms with Crippen LogP contribution < -0.4 is 5.32 Å². The summed E-state index contributed by atoms with van der Waals surface area (Å²) in [6.45, 7) is 0. The van der Waals surface area contributed by atoms with E-state index < -0.39 is 5.97 Å². The molecule has 1 N–H and O–H groups in total. The number of esters is 1. The minimum Gasteiger partial charge on any atom is -0.465 e. The SMILES string of the molecule is COC(=O)c1cnn2c1NC1=C(C(=O)CCC1)C2c1cccs1. The highest BCUT2D eigenvalue weighted by molar-refractivity contribution is 7.10. The average Bonchev–Trinajstić information content (AvgIpc) is 3.22. The Morgan fingerprint density at radius 3 is 3.09 bits per heavy atom. The molecule has 0 saturated heterocycles. The van der Waals surface area contributed by atoms with Gasteiger partial charge in [0.25, 0.3) is 0 Å². The van der Waals surface area contributed by atoms with Crippen LogP contribution in [0.5, 0.6) is 0 Å². The number of carbonyl (C=O) groups is 2. The van der Waals surface area contributed by atoms with Gasteiger partial charge < -0.3 is 10.1 Å². The molecule has 0 fully saturated rings. The number of rotatable bonds is 2. The highest BCUT2D eigenvalue weighted by Crippen LogP contribution is 2.42. The molecule has 2 aromatic heterocycles. The van der Waals surface area contributed by atoms with Gasteiger partial charge in [-0.15, -0.1) is 11.3 Å². The van der Waals surface area contributed by atoms with E-state index >= 15 is 0 Å². The van der Waals surface area contributed by atoms with Crippen LogP contribution in [0.1, 0.15) is 40.5 Å². The molecule has 2 aliphatic rings. The first-order chi connectivity index (χ1) is 11.2. The van der Waals surface area contributed by atoms with Crippen LogP contribution in [0.2, 0.25) is 0 Å². The Bertz CT molecular complexity index is 820. The molecule has 2 aromatic rings. The smallest absolute Gasteiger partial charge is 0.343 e. The number of nitrogens with zero attached hydrogens (tertiary/aromatic N) is 2. The van der Waals surface area contributed by atoms with Gasteiger partial charge in [-0.2, -0.15) is 5.10 Å². The first kappa shape index (κ1) is 14.2. The van der Waals surface area contributed by atoms with Crippen molar-refractivity contribution < 1.29 is 14.3 Å². The molecular weight excluding hydrogens is 314 g/mol. The first-order valence-corrected chi connectivity index (χ1v) is 8.31. The van der Waals surface area contributed by atoms with E-state index in [1.165, 1.54) is 13.3 Å². The van der Waals surface area contributed by atoms with Gasteiger partial charge in [0.2, 0.25) is 0 Å². The topological polar surface area (TPSA) is 73.2 Å². The lowest BCUT2D eigenvalue weighted by molar-refractivity contribution is -0.116. The predicted molar refractivity (Wildman–Crippen MR) is 85.5 cm³/mol. The van der Waals surface area contributed by atoms with Crippen molar-refractivity contribution >= 4 is 28.9 Å². The third-order valence-corrected chi connectivity index (χ3v) is 5.18. The van der Waals surface area contributed by atoms with Crippen molar-refractivity contribution in [1.82, 2.24) is 9.78 Å². The minimum atomic E-state index is -0.435. The number of fused-ring (bicyclic) bond motifs is 1. The maximum absolute atomic E-state index is 12.5. The number of Topliss-reactive ketones (excluding diaryl/α,β-unsaturated/α-hetero) is 1. The zero-order valence-electron chi connectivity index (χ0n) is 12.5. The summed E-state index contributed by atoms with van der Waals surface area (Å²) in [5.41, 5.74) is 2.06. The van der Waals surface area contributed by atoms with Crippen LogP contribution in [0.25, 0.3) is 0 Å². The molecular formula is C16H15N3O3S. The molecule has 0 amide bonds. The molecule has 118 valence electrons. The summed E-state index contributed by atoms with van der Waals surface area (Å²) >= 11 is 1.58. The van der Waals surface area contributed by atoms with Crippen molar-refractivity contribution in [2.75, 3.05) is 12.4 Å². The van der Waals surface area contributed by atoms with E-state index in [-0.39, 0.29) is 11.8 Å². The second kappa shape index (κ2) is 5.34. The highest BCUT2D eigenvalue weighted by Gasteiger charge is 2.38. The van der Waals surface area contributed by atoms with Gasteiger partial charge in [0.1, 0.15) is 17.4 Å². The third-order valence-electron chi connectivity index (χ3n) is 4.26. The molecule has 0 radical (unpaired) electrons. The number of hydrogen-bond acceptors (Lipinski definition) is 6. The molecule has 1 aliphatic carbocycles. The fraction of sp³-hybridized carbons (Fsp3) is 0.312. The van der Waals surface area contributed by atoms with Crippen LogP contribution in [-0.2, 0) is 9.53 Å². The van der Waals surface area contributed by atoms with Gasteiger partial charge in [0.15, 0.2) is 5.78 Å². The zero-order chi connectivity index (χ0) is 16.0. The van der Waals surface area contributed by atoms with Crippen molar-refractivity contribution in [2.45, 2.75) is 25.3 Å². The molecule has 6 nitrogen and oxygen atoms in total. The number of anilines is 1. The van der Waals surface area contributed by atoms with E-state index in [2.05, 4.69) is 10.4 Å². The Labute approximate surface area is 136 Å². The van der Waals surface area contributed by atoms with E-state index in [1.54, 1.807) is 16.0 Å². The lowest BCUT2D eigenvalue weighted by atomic mass is 9.88. The summed E-state index contributed by atoms with van der Waals surface area (Å²) in [7, 11) is 1.35. The van der Waals surface area contributed by atoms with Crippen LogP contribution in [0.4, 0.5) is 5.82 Å². The quantitative estimate of drug-likeness (QED) is 0.858. The second-order valence-electron chi connectivity index (χ2n) is 5.55. The monoisotopic (exact) mass is 329 g/mol. The molecule has 3 heterocycles. The van der Waals surface area contributed by atoms with Crippen LogP contribution in [-0.4, -0.2) is 28.6 Å². The number of allylic oxidation sites excluding steroid dienone is 2. The lowest BCUT2D eigenvalue weighted by Gasteiger charge is -2.32. The molecule has 0 bridgehead atoms. The molecule has 1 unspecified atom stereocenters. The van der Waals surface area contributed by atoms with Crippen molar-refractivity contribution in [3.63, 3.8) is 0 Å². The van der Waals surface area contributed by atoms with Crippen LogP contribution in [0, 0.1) is 0 Å². The lowest BCUT2D eigenvalue weighted by Crippen LogP contribution is -2.31. The normalized spacial score (nSPS) is 19.9. The number of ether oxygens (including phenoxy) is 1. The molecule has 7 heteroatoms. The summed E-state index contributed by atoms with van der Waals surface area (Å²) < 4.78 is 6.55. The maximum atomic E-state index is 12.5. The van der Waals surface area contributed by atoms with Crippen LogP contribution in [0.15, 0.2) is 35.0 Å². The van der Waals surface area contributed by atoms with Gasteiger partial charge >= 0.3 is 5.97 Å². The van der Waals surface area contributed by atoms with Gasteiger partial charge in [-0.3, -0.25) is 4.79 Å². The maximum Gasteiger partial charge on any atom is 0.343 e. The average molecular weight is 329 g/mol. The molecule has 0 saturated carbocycles. The molecule has 0 aromatic carbocycles. The summed E-state index contributed by atoms with van der Waals surface area (Å²) in [5, 5.41) is 9.59.